The predicted molar refractivity (Wildman–Crippen MR) is 138 cm³/mol. The molecule has 0 aliphatic carbocycles. The number of carbonyl (C=O) groups excluding carboxylic acids is 1. The molecule has 1 aliphatic rings. The second kappa shape index (κ2) is 9.94. The fourth-order valence-electron chi connectivity index (χ4n) is 4.67. The Bertz CT molecular complexity index is 1470. The van der Waals surface area contributed by atoms with Crippen LogP contribution in [0.3, 0.4) is 0 Å². The standard InChI is InChI=1S/C27H23ClN4O5/c1-36-21-12-3-16(15-22(21)37-2)13-14-31-26(18-6-10-20(11-7-18)32(34)35)23-24(29-30-25(23)27(31)33)17-4-8-19(28)9-5-17/h3-12,15,26H,13-14H2,1-2H3,(H,29,30). The van der Waals surface area contributed by atoms with E-state index in [2.05, 4.69) is 10.2 Å². The molecule has 0 radical (unpaired) electrons. The van der Waals surface area contributed by atoms with E-state index in [4.69, 9.17) is 21.1 Å². The summed E-state index contributed by atoms with van der Waals surface area (Å²) in [5.74, 6) is 1.05. The molecule has 3 aromatic carbocycles. The smallest absolute Gasteiger partial charge is 0.273 e. The Kier molecular flexibility index (Phi) is 6.54. The number of nitrogens with zero attached hydrogens (tertiary/aromatic N) is 3. The van der Waals surface area contributed by atoms with Crippen LogP contribution in [0.1, 0.15) is 33.2 Å². The molecule has 10 heteroatoms. The maximum atomic E-state index is 13.6. The number of nitro groups is 1. The van der Waals surface area contributed by atoms with Gasteiger partial charge in [-0.15, -0.1) is 0 Å². The van der Waals surface area contributed by atoms with Crippen molar-refractivity contribution in [3.8, 4) is 22.8 Å². The fourth-order valence-corrected chi connectivity index (χ4v) is 4.79. The van der Waals surface area contributed by atoms with Gasteiger partial charge in [0.15, 0.2) is 11.5 Å². The minimum Gasteiger partial charge on any atom is -0.493 e. The maximum absolute atomic E-state index is 13.6. The molecular formula is C27H23ClN4O5. The molecule has 0 fully saturated rings. The minimum atomic E-state index is -0.479. The van der Waals surface area contributed by atoms with Gasteiger partial charge in [-0.25, -0.2) is 0 Å². The molecule has 9 nitrogen and oxygen atoms in total. The van der Waals surface area contributed by atoms with Gasteiger partial charge in [0, 0.05) is 34.8 Å². The van der Waals surface area contributed by atoms with Crippen LogP contribution in [0.15, 0.2) is 66.7 Å². The molecule has 2 heterocycles. The molecule has 0 saturated carbocycles. The van der Waals surface area contributed by atoms with E-state index >= 15 is 0 Å². The zero-order valence-electron chi connectivity index (χ0n) is 20.1. The number of aromatic amines is 1. The van der Waals surface area contributed by atoms with Crippen molar-refractivity contribution in [2.75, 3.05) is 20.8 Å². The lowest BCUT2D eigenvalue weighted by molar-refractivity contribution is -0.384. The van der Waals surface area contributed by atoms with Gasteiger partial charge >= 0.3 is 0 Å². The lowest BCUT2D eigenvalue weighted by Gasteiger charge is -2.26. The molecule has 1 aliphatic heterocycles. The van der Waals surface area contributed by atoms with E-state index in [0.29, 0.717) is 40.9 Å². The number of nitro benzene ring substituents is 1. The summed E-state index contributed by atoms with van der Waals surface area (Å²) < 4.78 is 10.7. The summed E-state index contributed by atoms with van der Waals surface area (Å²) >= 11 is 6.08. The van der Waals surface area contributed by atoms with Gasteiger partial charge in [-0.05, 0) is 53.9 Å². The summed E-state index contributed by atoms with van der Waals surface area (Å²) in [5, 5.41) is 19.2. The SMILES string of the molecule is COc1ccc(CCN2C(=O)c3[nH]nc(-c4ccc(Cl)cc4)c3C2c2ccc([N+](=O)[O-])cc2)cc1OC. The van der Waals surface area contributed by atoms with Crippen LogP contribution < -0.4 is 9.47 Å². The van der Waals surface area contributed by atoms with Gasteiger partial charge in [-0.3, -0.25) is 20.0 Å². The van der Waals surface area contributed by atoms with Crippen LogP contribution in [-0.4, -0.2) is 46.7 Å². The van der Waals surface area contributed by atoms with Crippen molar-refractivity contribution in [2.24, 2.45) is 0 Å². The first-order chi connectivity index (χ1) is 17.9. The van der Waals surface area contributed by atoms with E-state index in [9.17, 15) is 14.9 Å². The highest BCUT2D eigenvalue weighted by molar-refractivity contribution is 6.30. The van der Waals surface area contributed by atoms with E-state index in [0.717, 1.165) is 22.3 Å². The third-order valence-corrected chi connectivity index (χ3v) is 6.74. The Morgan fingerprint density at radius 3 is 2.38 bits per heavy atom. The van der Waals surface area contributed by atoms with Crippen LogP contribution in [0, 0.1) is 10.1 Å². The topological polar surface area (TPSA) is 111 Å². The summed E-state index contributed by atoms with van der Waals surface area (Å²) in [6, 6.07) is 18.7. The lowest BCUT2D eigenvalue weighted by Crippen LogP contribution is -2.31. The number of H-pyrrole nitrogens is 1. The molecule has 0 saturated heterocycles. The predicted octanol–water partition coefficient (Wildman–Crippen LogP) is 5.44. The molecular weight excluding hydrogens is 496 g/mol. The number of hydrogen-bond acceptors (Lipinski definition) is 6. The van der Waals surface area contributed by atoms with Crippen LogP contribution in [0.5, 0.6) is 11.5 Å². The van der Waals surface area contributed by atoms with E-state index in [-0.39, 0.29) is 11.6 Å². The van der Waals surface area contributed by atoms with Crippen molar-refractivity contribution in [3.63, 3.8) is 0 Å². The first kappa shape index (κ1) is 24.3. The zero-order chi connectivity index (χ0) is 26.1. The quantitative estimate of drug-likeness (QED) is 0.245. The number of benzene rings is 3. The fraction of sp³-hybridized carbons (Fsp3) is 0.185. The van der Waals surface area contributed by atoms with Gasteiger partial charge in [0.2, 0.25) is 0 Å². The number of ether oxygens (including phenoxy) is 2. The second-order valence-electron chi connectivity index (χ2n) is 8.56. The van der Waals surface area contributed by atoms with Gasteiger partial charge in [0.1, 0.15) is 5.69 Å². The summed E-state index contributed by atoms with van der Waals surface area (Å²) in [6.45, 7) is 0.401. The van der Waals surface area contributed by atoms with E-state index in [1.54, 1.807) is 43.4 Å². The lowest BCUT2D eigenvalue weighted by atomic mass is 9.95. The van der Waals surface area contributed by atoms with Gasteiger partial charge < -0.3 is 14.4 Å². The molecule has 0 spiro atoms. The number of aromatic nitrogens is 2. The molecule has 5 rings (SSSR count). The van der Waals surface area contributed by atoms with Crippen molar-refractivity contribution >= 4 is 23.2 Å². The second-order valence-corrected chi connectivity index (χ2v) is 8.99. The highest BCUT2D eigenvalue weighted by Gasteiger charge is 2.42. The monoisotopic (exact) mass is 518 g/mol. The molecule has 1 N–H and O–H groups in total. The summed E-state index contributed by atoms with van der Waals surface area (Å²) in [5.41, 5.74) is 4.28. The average Bonchev–Trinajstić information content (AvgIpc) is 3.46. The Labute approximate surface area is 217 Å². The average molecular weight is 519 g/mol. The Morgan fingerprint density at radius 1 is 1.03 bits per heavy atom. The molecule has 1 unspecified atom stereocenters. The number of hydrogen-bond donors (Lipinski definition) is 1. The summed E-state index contributed by atoms with van der Waals surface area (Å²) in [7, 11) is 3.16. The number of nitrogens with one attached hydrogen (secondary N) is 1. The zero-order valence-corrected chi connectivity index (χ0v) is 20.9. The van der Waals surface area contributed by atoms with Crippen molar-refractivity contribution < 1.29 is 19.2 Å². The molecule has 1 amide bonds. The first-order valence-corrected chi connectivity index (χ1v) is 11.9. The van der Waals surface area contributed by atoms with Crippen LogP contribution in [0.25, 0.3) is 11.3 Å². The minimum absolute atomic E-state index is 0.0182. The van der Waals surface area contributed by atoms with Gasteiger partial charge in [-0.2, -0.15) is 5.10 Å². The number of methoxy groups -OCH3 is 2. The number of fused-ring (bicyclic) bond motifs is 1. The molecule has 37 heavy (non-hydrogen) atoms. The number of non-ortho nitro benzene ring substituents is 1. The van der Waals surface area contributed by atoms with Crippen LogP contribution in [-0.2, 0) is 6.42 Å². The van der Waals surface area contributed by atoms with Crippen molar-refractivity contribution in [1.29, 1.82) is 0 Å². The highest BCUT2D eigenvalue weighted by atomic mass is 35.5. The Hall–Kier alpha value is -4.37. The van der Waals surface area contributed by atoms with Crippen LogP contribution in [0.4, 0.5) is 5.69 Å². The molecule has 4 aromatic rings. The van der Waals surface area contributed by atoms with Gasteiger partial charge in [-0.1, -0.05) is 29.8 Å². The van der Waals surface area contributed by atoms with Crippen LogP contribution in [0.2, 0.25) is 5.02 Å². The number of carbonyl (C=O) groups is 1. The van der Waals surface area contributed by atoms with Crippen molar-refractivity contribution in [3.05, 3.63) is 104 Å². The van der Waals surface area contributed by atoms with E-state index < -0.39 is 11.0 Å². The van der Waals surface area contributed by atoms with Crippen LogP contribution >= 0.6 is 11.6 Å². The molecule has 188 valence electrons. The highest BCUT2D eigenvalue weighted by Crippen LogP contribution is 2.43. The first-order valence-electron chi connectivity index (χ1n) is 11.5. The summed E-state index contributed by atoms with van der Waals surface area (Å²) in [4.78, 5) is 26.1. The molecule has 1 aromatic heterocycles. The third kappa shape index (κ3) is 4.49. The Morgan fingerprint density at radius 2 is 1.73 bits per heavy atom. The Balaban J connectivity index is 1.53. The number of halogens is 1. The third-order valence-electron chi connectivity index (χ3n) is 6.49. The maximum Gasteiger partial charge on any atom is 0.273 e. The molecule has 0 bridgehead atoms. The summed E-state index contributed by atoms with van der Waals surface area (Å²) in [6.07, 6.45) is 0.559. The molecule has 1 atom stereocenters. The van der Waals surface area contributed by atoms with Crippen molar-refractivity contribution in [1.82, 2.24) is 15.1 Å². The largest absolute Gasteiger partial charge is 0.493 e. The van der Waals surface area contributed by atoms with E-state index in [1.165, 1.54) is 12.1 Å². The number of rotatable bonds is 8. The number of amides is 1. The van der Waals surface area contributed by atoms with Gasteiger partial charge in [0.25, 0.3) is 11.6 Å². The normalized spacial score (nSPS) is 14.5. The van der Waals surface area contributed by atoms with Crippen molar-refractivity contribution in [2.45, 2.75) is 12.5 Å². The van der Waals surface area contributed by atoms with E-state index in [1.807, 2.05) is 30.3 Å². The van der Waals surface area contributed by atoms with Gasteiger partial charge in [0.05, 0.1) is 30.9 Å².